The average Bonchev–Trinajstić information content (AvgIpc) is 2.95. The lowest BCUT2D eigenvalue weighted by Gasteiger charge is -2.46. The van der Waals surface area contributed by atoms with E-state index in [2.05, 4.69) is 24.4 Å². The lowest BCUT2D eigenvalue weighted by atomic mass is 9.60. The first-order valence-corrected chi connectivity index (χ1v) is 9.04. The topological polar surface area (TPSA) is 21.6 Å². The summed E-state index contributed by atoms with van der Waals surface area (Å²) in [6.07, 6.45) is 5.49. The van der Waals surface area contributed by atoms with Crippen LogP contribution in [0.5, 0.6) is 0 Å². The van der Waals surface area contributed by atoms with Crippen molar-refractivity contribution in [1.82, 2.24) is 0 Å². The highest BCUT2D eigenvalue weighted by molar-refractivity contribution is 6.31. The van der Waals surface area contributed by atoms with E-state index in [1.165, 1.54) is 11.1 Å². The van der Waals surface area contributed by atoms with Crippen molar-refractivity contribution in [3.63, 3.8) is 0 Å². The summed E-state index contributed by atoms with van der Waals surface area (Å²) in [5, 5.41) is 1.48. The summed E-state index contributed by atoms with van der Waals surface area (Å²) >= 11 is 12.3. The predicted molar refractivity (Wildman–Crippen MR) is 100 cm³/mol. The zero-order valence-corrected chi connectivity index (χ0v) is 15.0. The Labute approximate surface area is 152 Å². The summed E-state index contributed by atoms with van der Waals surface area (Å²) in [5.74, 6) is 0.319. The maximum atomic E-state index is 6.17. The molecule has 0 aromatic heterocycles. The van der Waals surface area contributed by atoms with Crippen molar-refractivity contribution in [3.05, 3.63) is 63.6 Å². The van der Waals surface area contributed by atoms with Gasteiger partial charge in [-0.15, -0.1) is 0 Å². The maximum absolute atomic E-state index is 6.17. The van der Waals surface area contributed by atoms with Crippen LogP contribution >= 0.6 is 23.2 Å². The van der Waals surface area contributed by atoms with Gasteiger partial charge in [-0.1, -0.05) is 47.8 Å². The first kappa shape index (κ1) is 16.1. The van der Waals surface area contributed by atoms with Gasteiger partial charge in [0.2, 0.25) is 0 Å². The fourth-order valence-corrected chi connectivity index (χ4v) is 4.71. The molecule has 0 saturated heterocycles. The third-order valence-electron chi connectivity index (χ3n) is 5.47. The fourth-order valence-electron chi connectivity index (χ4n) is 4.42. The zero-order chi connectivity index (χ0) is 16.7. The van der Waals surface area contributed by atoms with Crippen LogP contribution in [0.4, 0.5) is 5.69 Å². The molecule has 4 heteroatoms. The molecule has 3 unspecified atom stereocenters. The maximum Gasteiger partial charge on any atom is 0.0724 e. The lowest BCUT2D eigenvalue weighted by Crippen LogP contribution is -2.48. The summed E-state index contributed by atoms with van der Waals surface area (Å²) < 4.78 is 5.94. The second kappa shape index (κ2) is 6.18. The minimum absolute atomic E-state index is 0.109. The van der Waals surface area contributed by atoms with Gasteiger partial charge in [0, 0.05) is 29.3 Å². The quantitative estimate of drug-likeness (QED) is 0.650. The van der Waals surface area contributed by atoms with Crippen LogP contribution in [0, 0.1) is 0 Å². The second-order valence-electron chi connectivity index (χ2n) is 6.61. The Morgan fingerprint density at radius 3 is 2.54 bits per heavy atom. The number of methoxy groups -OCH3 is 1. The van der Waals surface area contributed by atoms with Crippen LogP contribution in [-0.2, 0) is 10.2 Å². The minimum atomic E-state index is -0.235. The Morgan fingerprint density at radius 2 is 1.79 bits per heavy atom. The highest BCUT2D eigenvalue weighted by Crippen LogP contribution is 2.54. The van der Waals surface area contributed by atoms with Crippen LogP contribution in [-0.4, -0.2) is 19.4 Å². The van der Waals surface area contributed by atoms with Gasteiger partial charge in [-0.3, -0.25) is 4.99 Å². The van der Waals surface area contributed by atoms with E-state index in [1.807, 2.05) is 24.3 Å². The van der Waals surface area contributed by atoms with E-state index in [0.717, 1.165) is 35.0 Å². The monoisotopic (exact) mass is 359 g/mol. The van der Waals surface area contributed by atoms with E-state index in [-0.39, 0.29) is 11.5 Å². The lowest BCUT2D eigenvalue weighted by molar-refractivity contribution is 0.0230. The number of hydrogen-bond acceptors (Lipinski definition) is 2. The Kier molecular flexibility index (Phi) is 4.16. The highest BCUT2D eigenvalue weighted by Gasteiger charge is 2.52. The van der Waals surface area contributed by atoms with Crippen molar-refractivity contribution >= 4 is 35.1 Å². The number of halogens is 2. The highest BCUT2D eigenvalue weighted by atomic mass is 35.5. The SMILES string of the molecule is COC1CCCC(c2ccc(Cl)cc2)C12C=Nc1cc(Cl)ccc12. The molecule has 2 nitrogen and oxygen atoms in total. The van der Waals surface area contributed by atoms with Crippen LogP contribution in [0.25, 0.3) is 0 Å². The molecule has 2 aromatic rings. The summed E-state index contributed by atoms with van der Waals surface area (Å²) in [6.45, 7) is 0. The molecular formula is C20H19Cl2NO. The van der Waals surface area contributed by atoms with E-state index < -0.39 is 0 Å². The molecule has 124 valence electrons. The molecular weight excluding hydrogens is 341 g/mol. The third kappa shape index (κ3) is 2.40. The number of rotatable bonds is 2. The van der Waals surface area contributed by atoms with Crippen molar-refractivity contribution in [2.45, 2.75) is 36.7 Å². The molecule has 0 radical (unpaired) electrons. The number of aliphatic imine (C=N–C) groups is 1. The summed E-state index contributed by atoms with van der Waals surface area (Å²) in [5.41, 5.74) is 3.24. The Hall–Kier alpha value is -1.35. The summed E-state index contributed by atoms with van der Waals surface area (Å²) in [6, 6.07) is 14.2. The molecule has 1 saturated carbocycles. The number of nitrogens with zero attached hydrogens (tertiary/aromatic N) is 1. The molecule has 0 bridgehead atoms. The summed E-state index contributed by atoms with van der Waals surface area (Å²) in [4.78, 5) is 4.71. The molecule has 1 fully saturated rings. The van der Waals surface area contributed by atoms with Gasteiger partial charge in [0.05, 0.1) is 17.2 Å². The van der Waals surface area contributed by atoms with Crippen molar-refractivity contribution in [3.8, 4) is 0 Å². The van der Waals surface area contributed by atoms with Gasteiger partial charge in [-0.05, 0) is 48.2 Å². The smallest absolute Gasteiger partial charge is 0.0724 e. The molecule has 1 heterocycles. The van der Waals surface area contributed by atoms with E-state index in [0.29, 0.717) is 5.92 Å². The second-order valence-corrected chi connectivity index (χ2v) is 7.48. The van der Waals surface area contributed by atoms with Gasteiger partial charge >= 0.3 is 0 Å². The van der Waals surface area contributed by atoms with Crippen LogP contribution in [0.3, 0.4) is 0 Å². The Bertz CT molecular complexity index is 787. The van der Waals surface area contributed by atoms with Gasteiger partial charge in [0.25, 0.3) is 0 Å². The molecule has 2 aliphatic rings. The number of benzene rings is 2. The van der Waals surface area contributed by atoms with Crippen molar-refractivity contribution in [2.75, 3.05) is 7.11 Å². The molecule has 4 rings (SSSR count). The molecule has 2 aromatic carbocycles. The van der Waals surface area contributed by atoms with Gasteiger partial charge in [0.15, 0.2) is 0 Å². The minimum Gasteiger partial charge on any atom is -0.380 e. The number of hydrogen-bond donors (Lipinski definition) is 0. The van der Waals surface area contributed by atoms with Gasteiger partial charge in [-0.25, -0.2) is 0 Å². The van der Waals surface area contributed by atoms with Crippen LogP contribution < -0.4 is 0 Å². The zero-order valence-electron chi connectivity index (χ0n) is 13.5. The molecule has 0 amide bonds. The van der Waals surface area contributed by atoms with E-state index in [9.17, 15) is 0 Å². The molecule has 1 aliphatic heterocycles. The average molecular weight is 360 g/mol. The molecule has 1 aliphatic carbocycles. The third-order valence-corrected chi connectivity index (χ3v) is 5.96. The van der Waals surface area contributed by atoms with E-state index in [4.69, 9.17) is 32.9 Å². The van der Waals surface area contributed by atoms with Gasteiger partial charge in [-0.2, -0.15) is 0 Å². The van der Waals surface area contributed by atoms with Crippen molar-refractivity contribution in [1.29, 1.82) is 0 Å². The molecule has 24 heavy (non-hydrogen) atoms. The van der Waals surface area contributed by atoms with E-state index in [1.54, 1.807) is 7.11 Å². The van der Waals surface area contributed by atoms with Crippen LogP contribution in [0.15, 0.2) is 47.5 Å². The van der Waals surface area contributed by atoms with Crippen molar-refractivity contribution < 1.29 is 4.74 Å². The fraction of sp³-hybridized carbons (Fsp3) is 0.350. The largest absolute Gasteiger partial charge is 0.380 e. The number of fused-ring (bicyclic) bond motifs is 2. The normalized spacial score (nSPS) is 28.3. The van der Waals surface area contributed by atoms with Crippen LogP contribution in [0.1, 0.15) is 36.3 Å². The molecule has 0 N–H and O–H groups in total. The van der Waals surface area contributed by atoms with Gasteiger partial charge < -0.3 is 4.74 Å². The first-order valence-electron chi connectivity index (χ1n) is 8.28. The number of ether oxygens (including phenoxy) is 1. The Morgan fingerprint density at radius 1 is 1.04 bits per heavy atom. The van der Waals surface area contributed by atoms with Crippen molar-refractivity contribution in [2.24, 2.45) is 4.99 Å². The van der Waals surface area contributed by atoms with Crippen LogP contribution in [0.2, 0.25) is 10.0 Å². The Balaban J connectivity index is 1.88. The van der Waals surface area contributed by atoms with E-state index >= 15 is 0 Å². The standard InChI is InChI=1S/C20H19Cl2NO/c1-24-19-4-2-3-16(13-5-7-14(21)8-6-13)20(19)12-23-18-11-15(22)9-10-17(18)20/h5-12,16,19H,2-4H2,1H3. The molecule has 1 spiro atoms. The first-order chi connectivity index (χ1) is 11.6. The predicted octanol–water partition coefficient (Wildman–Crippen LogP) is 5.93. The van der Waals surface area contributed by atoms with Gasteiger partial charge in [0.1, 0.15) is 0 Å². The summed E-state index contributed by atoms with van der Waals surface area (Å²) in [7, 11) is 1.80. The molecule has 3 atom stereocenters.